The fourth-order valence-corrected chi connectivity index (χ4v) is 3.22. The largest absolute Gasteiger partial charge is 0.465 e. The molecule has 0 aliphatic carbocycles. The zero-order valence-corrected chi connectivity index (χ0v) is 12.0. The first-order valence-corrected chi connectivity index (χ1v) is 8.72. The van der Waals surface area contributed by atoms with Gasteiger partial charge < -0.3 is 4.74 Å². The van der Waals surface area contributed by atoms with Crippen LogP contribution in [0.3, 0.4) is 0 Å². The summed E-state index contributed by atoms with van der Waals surface area (Å²) in [6.45, 7) is 1.43. The minimum atomic E-state index is -4.19. The monoisotopic (exact) mass is 316 g/mol. The molecule has 0 saturated carbocycles. The molecule has 0 bridgehead atoms. The third-order valence-corrected chi connectivity index (χ3v) is 4.80. The molecule has 10 heteroatoms. The molecule has 0 aromatic heterocycles. The summed E-state index contributed by atoms with van der Waals surface area (Å²) in [5.41, 5.74) is -0.990. The van der Waals surface area contributed by atoms with E-state index in [-0.39, 0.29) is 19.6 Å². The predicted molar refractivity (Wildman–Crippen MR) is 64.5 cm³/mol. The summed E-state index contributed by atoms with van der Waals surface area (Å²) in [7, 11) is -8.13. The molecule has 19 heavy (non-hydrogen) atoms. The van der Waals surface area contributed by atoms with Crippen LogP contribution in [0, 0.1) is 5.41 Å². The van der Waals surface area contributed by atoms with Crippen LogP contribution in [-0.2, 0) is 34.0 Å². The van der Waals surface area contributed by atoms with Crippen LogP contribution < -0.4 is 0 Å². The Balaban J connectivity index is 2.45. The topological polar surface area (TPSA) is 124 Å². The Kier molecular flexibility index (Phi) is 4.93. The lowest BCUT2D eigenvalue weighted by Gasteiger charge is -2.18. The first-order chi connectivity index (χ1) is 8.54. The minimum Gasteiger partial charge on any atom is -0.465 e. The highest BCUT2D eigenvalue weighted by Gasteiger charge is 2.41. The summed E-state index contributed by atoms with van der Waals surface area (Å²) >= 11 is 0. The third-order valence-electron chi connectivity index (χ3n) is 2.73. The molecule has 1 aliphatic heterocycles. The van der Waals surface area contributed by atoms with Crippen molar-refractivity contribution >= 4 is 26.2 Å². The van der Waals surface area contributed by atoms with Crippen LogP contribution in [0.15, 0.2) is 0 Å². The zero-order chi connectivity index (χ0) is 14.7. The molecule has 1 fully saturated rings. The Bertz CT molecular complexity index is 535. The number of hydrogen-bond acceptors (Lipinski definition) is 7. The second-order valence-electron chi connectivity index (χ2n) is 4.61. The van der Waals surface area contributed by atoms with Crippen LogP contribution in [0.5, 0.6) is 0 Å². The van der Waals surface area contributed by atoms with Crippen molar-refractivity contribution in [3.63, 3.8) is 0 Å². The van der Waals surface area contributed by atoms with Crippen molar-refractivity contribution in [3.8, 4) is 0 Å². The van der Waals surface area contributed by atoms with Gasteiger partial charge in [0.15, 0.2) is 0 Å². The van der Waals surface area contributed by atoms with Crippen LogP contribution in [0.1, 0.15) is 19.8 Å². The summed E-state index contributed by atoms with van der Waals surface area (Å²) in [5.74, 6) is -1.71. The van der Waals surface area contributed by atoms with E-state index in [4.69, 9.17) is 13.5 Å². The molecule has 0 spiro atoms. The molecule has 8 nitrogen and oxygen atoms in total. The molecule has 1 N–H and O–H groups in total. The second-order valence-corrected chi connectivity index (χ2v) is 7.94. The second kappa shape index (κ2) is 5.73. The van der Waals surface area contributed by atoms with Gasteiger partial charge >= 0.3 is 5.97 Å². The SMILES string of the molecule is CC1(COS(=O)(=O)CCCS(=O)(=O)O)CCOC1=O. The van der Waals surface area contributed by atoms with Crippen LogP contribution in [-0.4, -0.2) is 52.1 Å². The zero-order valence-electron chi connectivity index (χ0n) is 10.4. The van der Waals surface area contributed by atoms with Crippen LogP contribution >= 0.6 is 0 Å². The average Bonchev–Trinajstić information content (AvgIpc) is 2.55. The van der Waals surface area contributed by atoms with E-state index in [0.29, 0.717) is 6.42 Å². The number of carbonyl (C=O) groups is 1. The van der Waals surface area contributed by atoms with Crippen LogP contribution in [0.2, 0.25) is 0 Å². The molecule has 1 rings (SSSR count). The molecule has 1 aliphatic rings. The van der Waals surface area contributed by atoms with Gasteiger partial charge in [0.1, 0.15) is 0 Å². The Hall–Kier alpha value is -0.710. The van der Waals surface area contributed by atoms with Gasteiger partial charge in [0.05, 0.1) is 30.1 Å². The molecule has 0 aromatic carbocycles. The van der Waals surface area contributed by atoms with Crippen molar-refractivity contribution in [1.29, 1.82) is 0 Å². The number of esters is 1. The van der Waals surface area contributed by atoms with Gasteiger partial charge in [-0.2, -0.15) is 16.8 Å². The highest BCUT2D eigenvalue weighted by Crippen LogP contribution is 2.30. The quantitative estimate of drug-likeness (QED) is 0.381. The Morgan fingerprint density at radius 3 is 2.42 bits per heavy atom. The maximum Gasteiger partial charge on any atom is 0.314 e. The van der Waals surface area contributed by atoms with E-state index in [1.807, 2.05) is 0 Å². The lowest BCUT2D eigenvalue weighted by molar-refractivity contribution is -0.146. The lowest BCUT2D eigenvalue weighted by atomic mass is 9.91. The fraction of sp³-hybridized carbons (Fsp3) is 0.889. The summed E-state index contributed by atoms with van der Waals surface area (Å²) in [4.78, 5) is 11.3. The molecule has 112 valence electrons. The Morgan fingerprint density at radius 1 is 1.32 bits per heavy atom. The molecule has 0 amide bonds. The number of cyclic esters (lactones) is 1. The number of hydrogen-bond donors (Lipinski definition) is 1. The minimum absolute atomic E-state index is 0.224. The molecule has 1 heterocycles. The van der Waals surface area contributed by atoms with Crippen LogP contribution in [0.4, 0.5) is 0 Å². The fourth-order valence-electron chi connectivity index (χ4n) is 1.47. The van der Waals surface area contributed by atoms with Gasteiger partial charge in [-0.3, -0.25) is 13.5 Å². The van der Waals surface area contributed by atoms with Crippen molar-refractivity contribution in [1.82, 2.24) is 0 Å². The first kappa shape index (κ1) is 16.3. The van der Waals surface area contributed by atoms with Gasteiger partial charge in [-0.25, -0.2) is 0 Å². The molecular formula is C9H16O8S2. The van der Waals surface area contributed by atoms with Gasteiger partial charge in [-0.15, -0.1) is 0 Å². The molecular weight excluding hydrogens is 300 g/mol. The highest BCUT2D eigenvalue weighted by atomic mass is 32.2. The summed E-state index contributed by atoms with van der Waals surface area (Å²) in [6, 6.07) is 0. The summed E-state index contributed by atoms with van der Waals surface area (Å²) < 4.78 is 61.7. The van der Waals surface area contributed by atoms with Gasteiger partial charge in [0, 0.05) is 0 Å². The Morgan fingerprint density at radius 2 is 1.95 bits per heavy atom. The van der Waals surface area contributed by atoms with E-state index >= 15 is 0 Å². The van der Waals surface area contributed by atoms with E-state index in [2.05, 4.69) is 0 Å². The molecule has 1 saturated heterocycles. The number of rotatable bonds is 7. The smallest absolute Gasteiger partial charge is 0.314 e. The molecule has 1 atom stereocenters. The van der Waals surface area contributed by atoms with Crippen LogP contribution in [0.25, 0.3) is 0 Å². The number of carbonyl (C=O) groups excluding carboxylic acids is 1. The standard InChI is InChI=1S/C9H16O8S2/c1-9(3-4-16-8(9)10)7-17-19(14,15)6-2-5-18(11,12)13/h2-7H2,1H3,(H,11,12,13). The summed E-state index contributed by atoms with van der Waals surface area (Å²) in [6.07, 6.45) is 0.0920. The van der Waals surface area contributed by atoms with Crippen molar-refractivity contribution in [2.45, 2.75) is 19.8 Å². The number of ether oxygens (including phenoxy) is 1. The van der Waals surface area contributed by atoms with E-state index in [9.17, 15) is 21.6 Å². The average molecular weight is 316 g/mol. The molecule has 0 aromatic rings. The van der Waals surface area contributed by atoms with Crippen molar-refractivity contribution in [3.05, 3.63) is 0 Å². The van der Waals surface area contributed by atoms with Crippen molar-refractivity contribution in [2.75, 3.05) is 24.7 Å². The van der Waals surface area contributed by atoms with Crippen molar-refractivity contribution in [2.24, 2.45) is 5.41 Å². The molecule has 1 unspecified atom stereocenters. The van der Waals surface area contributed by atoms with Crippen molar-refractivity contribution < 1.29 is 35.1 Å². The normalized spacial score (nSPS) is 24.4. The van der Waals surface area contributed by atoms with E-state index in [1.165, 1.54) is 6.92 Å². The first-order valence-electron chi connectivity index (χ1n) is 5.54. The lowest BCUT2D eigenvalue weighted by Crippen LogP contribution is -2.30. The van der Waals surface area contributed by atoms with E-state index in [1.54, 1.807) is 0 Å². The highest BCUT2D eigenvalue weighted by molar-refractivity contribution is 7.87. The van der Waals surface area contributed by atoms with Gasteiger partial charge in [0.2, 0.25) is 0 Å². The van der Waals surface area contributed by atoms with Gasteiger partial charge in [-0.1, -0.05) is 0 Å². The predicted octanol–water partition coefficient (Wildman–Crippen LogP) is -0.436. The van der Waals surface area contributed by atoms with Gasteiger partial charge in [-0.05, 0) is 19.8 Å². The Labute approximate surface area is 112 Å². The summed E-state index contributed by atoms with van der Waals surface area (Å²) in [5, 5.41) is 0. The van der Waals surface area contributed by atoms with Gasteiger partial charge in [0.25, 0.3) is 20.2 Å². The van der Waals surface area contributed by atoms with E-state index < -0.39 is 43.1 Å². The third kappa shape index (κ3) is 5.43. The van der Waals surface area contributed by atoms with E-state index in [0.717, 1.165) is 0 Å². The maximum absolute atomic E-state index is 11.5. The molecule has 0 radical (unpaired) electrons. The maximum atomic E-state index is 11.5.